The van der Waals surface area contributed by atoms with Crippen LogP contribution in [0.15, 0.2) is 9.72 Å². The smallest absolute Gasteiger partial charge is 0.150 e. The maximum Gasteiger partial charge on any atom is 0.150 e. The minimum atomic E-state index is 0.584. The monoisotopic (exact) mass is 202 g/mol. The molecule has 1 unspecified atom stereocenters. The van der Waals surface area contributed by atoms with E-state index in [1.807, 2.05) is 18.7 Å². The van der Waals surface area contributed by atoms with Crippen LogP contribution in [0.2, 0.25) is 0 Å². The zero-order valence-corrected chi connectivity index (χ0v) is 9.04. The highest BCUT2D eigenvalue weighted by atomic mass is 32.2. The van der Waals surface area contributed by atoms with Crippen molar-refractivity contribution >= 4 is 23.1 Å². The number of hydrogen-bond donors (Lipinski definition) is 1. The van der Waals surface area contributed by atoms with Gasteiger partial charge in [0.05, 0.1) is 0 Å². The first-order valence-electron chi connectivity index (χ1n) is 4.01. The Bertz CT molecular complexity index is 235. The molecule has 1 aromatic heterocycles. The van der Waals surface area contributed by atoms with Crippen LogP contribution in [-0.4, -0.2) is 16.8 Å². The lowest BCUT2D eigenvalue weighted by molar-refractivity contribution is 0.822. The molecular formula is C8H14N2S2. The molecule has 1 aromatic rings. The van der Waals surface area contributed by atoms with Crippen molar-refractivity contribution in [1.29, 1.82) is 0 Å². The van der Waals surface area contributed by atoms with Gasteiger partial charge in [-0.3, -0.25) is 0 Å². The molecule has 0 amide bonds. The fourth-order valence-corrected chi connectivity index (χ4v) is 3.03. The van der Waals surface area contributed by atoms with Gasteiger partial charge < -0.3 is 5.73 Å². The standard InChI is InChI=1S/C8H14N2S2/c1-6-5-11-8(10-6)12-7(2)3-4-9/h5,7H,3-4,9H2,1-2H3. The van der Waals surface area contributed by atoms with Crippen molar-refractivity contribution in [2.45, 2.75) is 29.9 Å². The van der Waals surface area contributed by atoms with Crippen molar-refractivity contribution in [2.24, 2.45) is 5.73 Å². The average molecular weight is 202 g/mol. The number of nitrogens with two attached hydrogens (primary N) is 1. The van der Waals surface area contributed by atoms with Crippen LogP contribution in [0.25, 0.3) is 0 Å². The van der Waals surface area contributed by atoms with Gasteiger partial charge in [-0.05, 0) is 19.9 Å². The Hall–Kier alpha value is -0.0600. The van der Waals surface area contributed by atoms with Crippen molar-refractivity contribution in [3.63, 3.8) is 0 Å². The Morgan fingerprint density at radius 1 is 1.75 bits per heavy atom. The zero-order chi connectivity index (χ0) is 8.97. The van der Waals surface area contributed by atoms with E-state index in [2.05, 4.69) is 17.3 Å². The second-order valence-corrected chi connectivity index (χ2v) is 5.30. The zero-order valence-electron chi connectivity index (χ0n) is 7.41. The van der Waals surface area contributed by atoms with Crippen LogP contribution >= 0.6 is 23.1 Å². The number of aryl methyl sites for hydroxylation is 1. The SMILES string of the molecule is Cc1csc(SC(C)CCN)n1. The Kier molecular flexibility index (Phi) is 4.05. The number of hydrogen-bond acceptors (Lipinski definition) is 4. The molecule has 0 spiro atoms. The van der Waals surface area contributed by atoms with Gasteiger partial charge in [0.25, 0.3) is 0 Å². The van der Waals surface area contributed by atoms with E-state index in [4.69, 9.17) is 5.73 Å². The summed E-state index contributed by atoms with van der Waals surface area (Å²) < 4.78 is 1.16. The molecule has 0 aromatic carbocycles. The van der Waals surface area contributed by atoms with Crippen molar-refractivity contribution in [3.05, 3.63) is 11.1 Å². The molecule has 1 heterocycles. The third kappa shape index (κ3) is 3.13. The van der Waals surface area contributed by atoms with Crippen LogP contribution in [0.3, 0.4) is 0 Å². The summed E-state index contributed by atoms with van der Waals surface area (Å²) in [5.74, 6) is 0. The maximum absolute atomic E-state index is 5.46. The highest BCUT2D eigenvalue weighted by Gasteiger charge is 2.05. The number of nitrogens with zero attached hydrogens (tertiary/aromatic N) is 1. The highest BCUT2D eigenvalue weighted by molar-refractivity contribution is 8.01. The van der Waals surface area contributed by atoms with E-state index < -0.39 is 0 Å². The van der Waals surface area contributed by atoms with E-state index in [9.17, 15) is 0 Å². The van der Waals surface area contributed by atoms with E-state index in [1.54, 1.807) is 11.3 Å². The summed E-state index contributed by atoms with van der Waals surface area (Å²) in [4.78, 5) is 4.37. The minimum absolute atomic E-state index is 0.584. The number of rotatable bonds is 4. The molecule has 0 saturated heterocycles. The Morgan fingerprint density at radius 2 is 2.50 bits per heavy atom. The van der Waals surface area contributed by atoms with Gasteiger partial charge in [-0.15, -0.1) is 11.3 Å². The Morgan fingerprint density at radius 3 is 3.00 bits per heavy atom. The van der Waals surface area contributed by atoms with Crippen LogP contribution in [0.1, 0.15) is 19.0 Å². The lowest BCUT2D eigenvalue weighted by atomic mass is 10.3. The predicted octanol–water partition coefficient (Wildman–Crippen LogP) is 2.28. The van der Waals surface area contributed by atoms with Crippen LogP contribution < -0.4 is 5.73 Å². The molecule has 0 aliphatic carbocycles. The summed E-state index contributed by atoms with van der Waals surface area (Å²) in [6.07, 6.45) is 1.06. The normalized spacial score (nSPS) is 13.2. The molecule has 0 radical (unpaired) electrons. The van der Waals surface area contributed by atoms with Gasteiger partial charge in [0.1, 0.15) is 4.34 Å². The molecule has 2 N–H and O–H groups in total. The molecule has 4 heteroatoms. The lowest BCUT2D eigenvalue weighted by Gasteiger charge is -2.05. The predicted molar refractivity (Wildman–Crippen MR) is 55.8 cm³/mol. The van der Waals surface area contributed by atoms with Gasteiger partial charge in [-0.25, -0.2) is 4.98 Å². The van der Waals surface area contributed by atoms with Crippen LogP contribution in [0.4, 0.5) is 0 Å². The van der Waals surface area contributed by atoms with Crippen LogP contribution in [0.5, 0.6) is 0 Å². The average Bonchev–Trinajstić information content (AvgIpc) is 2.36. The molecule has 12 heavy (non-hydrogen) atoms. The van der Waals surface area contributed by atoms with E-state index >= 15 is 0 Å². The highest BCUT2D eigenvalue weighted by Crippen LogP contribution is 2.27. The molecule has 0 aliphatic heterocycles. The van der Waals surface area contributed by atoms with Crippen molar-refractivity contribution < 1.29 is 0 Å². The summed E-state index contributed by atoms with van der Waals surface area (Å²) in [6, 6.07) is 0. The summed E-state index contributed by atoms with van der Waals surface area (Å²) in [6.45, 7) is 4.97. The largest absolute Gasteiger partial charge is 0.330 e. The Labute approximate surface area is 81.6 Å². The van der Waals surface area contributed by atoms with E-state index in [0.29, 0.717) is 5.25 Å². The van der Waals surface area contributed by atoms with Gasteiger partial charge in [0.15, 0.2) is 0 Å². The van der Waals surface area contributed by atoms with Gasteiger partial charge in [-0.1, -0.05) is 18.7 Å². The third-order valence-electron chi connectivity index (χ3n) is 1.47. The van der Waals surface area contributed by atoms with Crippen LogP contribution in [-0.2, 0) is 0 Å². The van der Waals surface area contributed by atoms with Crippen molar-refractivity contribution in [1.82, 2.24) is 4.98 Å². The molecular weight excluding hydrogens is 188 g/mol. The van der Waals surface area contributed by atoms with E-state index in [0.717, 1.165) is 23.0 Å². The third-order valence-corrected chi connectivity index (χ3v) is 3.73. The van der Waals surface area contributed by atoms with Gasteiger partial charge in [0.2, 0.25) is 0 Å². The topological polar surface area (TPSA) is 38.9 Å². The maximum atomic E-state index is 5.46. The van der Waals surface area contributed by atoms with Gasteiger partial charge in [0, 0.05) is 16.3 Å². The number of aromatic nitrogens is 1. The number of thiazole rings is 1. The molecule has 1 atom stereocenters. The summed E-state index contributed by atoms with van der Waals surface area (Å²) in [5.41, 5.74) is 6.57. The summed E-state index contributed by atoms with van der Waals surface area (Å²) >= 11 is 3.53. The lowest BCUT2D eigenvalue weighted by Crippen LogP contribution is -2.06. The molecule has 0 fully saturated rings. The van der Waals surface area contributed by atoms with E-state index in [-0.39, 0.29) is 0 Å². The minimum Gasteiger partial charge on any atom is -0.330 e. The summed E-state index contributed by atoms with van der Waals surface area (Å²) in [7, 11) is 0. The van der Waals surface area contributed by atoms with Crippen molar-refractivity contribution in [3.8, 4) is 0 Å². The molecule has 0 bridgehead atoms. The quantitative estimate of drug-likeness (QED) is 0.761. The fraction of sp³-hybridized carbons (Fsp3) is 0.625. The summed E-state index contributed by atoms with van der Waals surface area (Å²) in [5, 5.41) is 2.66. The molecule has 0 saturated carbocycles. The van der Waals surface area contributed by atoms with Crippen LogP contribution in [0, 0.1) is 6.92 Å². The fourth-order valence-electron chi connectivity index (χ4n) is 0.852. The first kappa shape index (κ1) is 10.0. The molecule has 0 aliphatic rings. The first-order valence-corrected chi connectivity index (χ1v) is 5.77. The molecule has 1 rings (SSSR count). The second-order valence-electron chi connectivity index (χ2n) is 2.76. The molecule has 2 nitrogen and oxygen atoms in total. The molecule has 68 valence electrons. The number of thioether (sulfide) groups is 1. The van der Waals surface area contributed by atoms with Crippen molar-refractivity contribution in [2.75, 3.05) is 6.54 Å². The van der Waals surface area contributed by atoms with Gasteiger partial charge in [-0.2, -0.15) is 0 Å². The first-order chi connectivity index (χ1) is 5.72. The van der Waals surface area contributed by atoms with Gasteiger partial charge >= 0.3 is 0 Å². The second kappa shape index (κ2) is 4.84. The Balaban J connectivity index is 2.41. The van der Waals surface area contributed by atoms with E-state index in [1.165, 1.54) is 0 Å².